The predicted molar refractivity (Wildman–Crippen MR) is 84.6 cm³/mol. The molecule has 4 rings (SSSR count). The number of hydrogen-bond donors (Lipinski definition) is 0. The van der Waals surface area contributed by atoms with Gasteiger partial charge < -0.3 is 18.9 Å². The molecule has 2 heterocycles. The van der Waals surface area contributed by atoms with E-state index >= 15 is 0 Å². The van der Waals surface area contributed by atoms with E-state index in [2.05, 4.69) is 0 Å². The van der Waals surface area contributed by atoms with Gasteiger partial charge in [0.1, 0.15) is 0 Å². The van der Waals surface area contributed by atoms with Gasteiger partial charge in [0.2, 0.25) is 0 Å². The SMILES string of the molecule is c1ccc(C2OCC(CC3(c4ccccc4)OCCO3)O2)cc1. The van der Waals surface area contributed by atoms with Crippen LogP contribution in [0.2, 0.25) is 0 Å². The molecule has 2 unspecified atom stereocenters. The Balaban J connectivity index is 1.49. The van der Waals surface area contributed by atoms with Gasteiger partial charge in [-0.3, -0.25) is 0 Å². The molecule has 23 heavy (non-hydrogen) atoms. The standard InChI is InChI=1S/C19H20O4/c1-3-7-15(8-4-1)18-20-14-17(23-18)13-19(21-11-12-22-19)16-9-5-2-6-10-16/h1-10,17-18H,11-14H2. The van der Waals surface area contributed by atoms with Gasteiger partial charge in [-0.2, -0.15) is 0 Å². The first-order valence-corrected chi connectivity index (χ1v) is 8.01. The summed E-state index contributed by atoms with van der Waals surface area (Å²) in [5.74, 6) is -0.721. The van der Waals surface area contributed by atoms with Crippen LogP contribution in [-0.4, -0.2) is 25.9 Å². The normalized spacial score (nSPS) is 26.4. The molecular formula is C19H20O4. The molecule has 4 nitrogen and oxygen atoms in total. The molecule has 0 saturated carbocycles. The van der Waals surface area contributed by atoms with E-state index in [1.165, 1.54) is 0 Å². The van der Waals surface area contributed by atoms with Crippen LogP contribution >= 0.6 is 0 Å². The van der Waals surface area contributed by atoms with Crippen molar-refractivity contribution in [1.82, 2.24) is 0 Å². The van der Waals surface area contributed by atoms with Gasteiger partial charge in [0.15, 0.2) is 12.1 Å². The number of ether oxygens (including phenoxy) is 4. The van der Waals surface area contributed by atoms with Crippen molar-refractivity contribution in [3.05, 3.63) is 71.8 Å². The van der Waals surface area contributed by atoms with E-state index in [1.54, 1.807) is 0 Å². The molecule has 0 N–H and O–H groups in total. The van der Waals surface area contributed by atoms with Gasteiger partial charge in [0.25, 0.3) is 0 Å². The summed E-state index contributed by atoms with van der Waals surface area (Å²) < 4.78 is 23.8. The maximum atomic E-state index is 6.07. The van der Waals surface area contributed by atoms with Crippen molar-refractivity contribution in [3.8, 4) is 0 Å². The first-order valence-electron chi connectivity index (χ1n) is 8.01. The highest BCUT2D eigenvalue weighted by molar-refractivity contribution is 5.21. The first-order chi connectivity index (χ1) is 11.4. The van der Waals surface area contributed by atoms with Gasteiger partial charge in [0.05, 0.1) is 25.9 Å². The molecule has 0 radical (unpaired) electrons. The van der Waals surface area contributed by atoms with E-state index < -0.39 is 5.79 Å². The molecule has 2 saturated heterocycles. The van der Waals surface area contributed by atoms with Gasteiger partial charge in [-0.05, 0) is 0 Å². The lowest BCUT2D eigenvalue weighted by molar-refractivity contribution is -0.189. The number of benzene rings is 2. The van der Waals surface area contributed by atoms with Crippen molar-refractivity contribution in [1.29, 1.82) is 0 Å². The van der Waals surface area contributed by atoms with Crippen LogP contribution in [0.15, 0.2) is 60.7 Å². The van der Waals surface area contributed by atoms with Crippen LogP contribution in [0.5, 0.6) is 0 Å². The molecular weight excluding hydrogens is 292 g/mol. The van der Waals surface area contributed by atoms with Gasteiger partial charge in [-0.15, -0.1) is 0 Å². The van der Waals surface area contributed by atoms with Crippen LogP contribution in [0.4, 0.5) is 0 Å². The fourth-order valence-electron chi connectivity index (χ4n) is 3.19. The second kappa shape index (κ2) is 6.42. The van der Waals surface area contributed by atoms with E-state index in [0.717, 1.165) is 11.1 Å². The summed E-state index contributed by atoms with van der Waals surface area (Å²) in [5.41, 5.74) is 2.07. The van der Waals surface area contributed by atoms with E-state index in [-0.39, 0.29) is 12.4 Å². The van der Waals surface area contributed by atoms with Crippen LogP contribution in [0, 0.1) is 0 Å². The predicted octanol–water partition coefficient (Wildman–Crippen LogP) is 3.39. The number of rotatable bonds is 4. The highest BCUT2D eigenvalue weighted by Gasteiger charge is 2.43. The summed E-state index contributed by atoms with van der Waals surface area (Å²) >= 11 is 0. The fraction of sp³-hybridized carbons (Fsp3) is 0.368. The van der Waals surface area contributed by atoms with Gasteiger partial charge in [0, 0.05) is 17.5 Å². The average molecular weight is 312 g/mol. The summed E-state index contributed by atoms with van der Waals surface area (Å²) in [6.07, 6.45) is 0.259. The third-order valence-corrected chi connectivity index (χ3v) is 4.29. The fourth-order valence-corrected chi connectivity index (χ4v) is 3.19. The van der Waals surface area contributed by atoms with Crippen molar-refractivity contribution in [3.63, 3.8) is 0 Å². The third kappa shape index (κ3) is 3.03. The summed E-state index contributed by atoms with van der Waals surface area (Å²) in [6, 6.07) is 20.1. The van der Waals surface area contributed by atoms with Crippen LogP contribution < -0.4 is 0 Å². The van der Waals surface area contributed by atoms with E-state index in [0.29, 0.717) is 26.2 Å². The molecule has 0 spiro atoms. The molecule has 2 aliphatic heterocycles. The molecule has 2 aliphatic rings. The third-order valence-electron chi connectivity index (χ3n) is 4.29. The van der Waals surface area contributed by atoms with E-state index in [4.69, 9.17) is 18.9 Å². The lowest BCUT2D eigenvalue weighted by Gasteiger charge is -2.29. The molecule has 0 aromatic heterocycles. The van der Waals surface area contributed by atoms with Crippen LogP contribution in [0.1, 0.15) is 23.8 Å². The monoisotopic (exact) mass is 312 g/mol. The van der Waals surface area contributed by atoms with Crippen LogP contribution in [0.3, 0.4) is 0 Å². The quantitative estimate of drug-likeness (QED) is 0.867. The minimum Gasteiger partial charge on any atom is -0.346 e. The Labute approximate surface area is 135 Å². The van der Waals surface area contributed by atoms with Gasteiger partial charge in [-0.25, -0.2) is 0 Å². The van der Waals surface area contributed by atoms with E-state index in [9.17, 15) is 0 Å². The zero-order chi connectivity index (χ0) is 15.5. The smallest absolute Gasteiger partial charge is 0.197 e. The van der Waals surface area contributed by atoms with Crippen molar-refractivity contribution in [2.45, 2.75) is 24.6 Å². The van der Waals surface area contributed by atoms with E-state index in [1.807, 2.05) is 60.7 Å². The Morgan fingerprint density at radius 1 is 0.870 bits per heavy atom. The Bertz CT molecular complexity index is 622. The van der Waals surface area contributed by atoms with Gasteiger partial charge >= 0.3 is 0 Å². The minimum absolute atomic E-state index is 0.0569. The molecule has 0 bridgehead atoms. The van der Waals surface area contributed by atoms with Crippen molar-refractivity contribution < 1.29 is 18.9 Å². The molecule has 0 amide bonds. The summed E-state index contributed by atoms with van der Waals surface area (Å²) in [4.78, 5) is 0. The maximum absolute atomic E-state index is 6.07. The summed E-state index contributed by atoms with van der Waals surface area (Å²) in [6.45, 7) is 1.75. The maximum Gasteiger partial charge on any atom is 0.197 e. The molecule has 2 fully saturated rings. The highest BCUT2D eigenvalue weighted by atomic mass is 16.7. The Morgan fingerprint density at radius 2 is 1.52 bits per heavy atom. The second-order valence-electron chi connectivity index (χ2n) is 5.85. The molecule has 0 aliphatic carbocycles. The van der Waals surface area contributed by atoms with Crippen molar-refractivity contribution in [2.24, 2.45) is 0 Å². The largest absolute Gasteiger partial charge is 0.346 e. The molecule has 4 heteroatoms. The second-order valence-corrected chi connectivity index (χ2v) is 5.85. The first kappa shape index (κ1) is 14.8. The lowest BCUT2D eigenvalue weighted by Crippen LogP contribution is -2.33. The number of hydrogen-bond acceptors (Lipinski definition) is 4. The molecule has 2 atom stereocenters. The Hall–Kier alpha value is -1.72. The van der Waals surface area contributed by atoms with Crippen LogP contribution in [0.25, 0.3) is 0 Å². The zero-order valence-electron chi connectivity index (χ0n) is 12.9. The molecule has 120 valence electrons. The molecule has 2 aromatic rings. The summed E-state index contributed by atoms with van der Waals surface area (Å²) in [5, 5.41) is 0. The Morgan fingerprint density at radius 3 is 2.22 bits per heavy atom. The minimum atomic E-state index is -0.721. The highest BCUT2D eigenvalue weighted by Crippen LogP contribution is 2.39. The Kier molecular flexibility index (Phi) is 4.14. The van der Waals surface area contributed by atoms with Crippen molar-refractivity contribution in [2.75, 3.05) is 19.8 Å². The van der Waals surface area contributed by atoms with Gasteiger partial charge in [-0.1, -0.05) is 60.7 Å². The topological polar surface area (TPSA) is 36.9 Å². The average Bonchev–Trinajstić information content (AvgIpc) is 3.27. The molecule has 2 aromatic carbocycles. The lowest BCUT2D eigenvalue weighted by atomic mass is 9.99. The zero-order valence-corrected chi connectivity index (χ0v) is 12.9. The summed E-state index contributed by atoms with van der Waals surface area (Å²) in [7, 11) is 0. The van der Waals surface area contributed by atoms with Crippen LogP contribution in [-0.2, 0) is 24.7 Å². The van der Waals surface area contributed by atoms with Crippen molar-refractivity contribution >= 4 is 0 Å².